The molecule has 0 aromatic heterocycles. The fourth-order valence-corrected chi connectivity index (χ4v) is 4.86. The zero-order chi connectivity index (χ0) is 21.2. The molecule has 29 heavy (non-hydrogen) atoms. The van der Waals surface area contributed by atoms with Crippen LogP contribution in [0.2, 0.25) is 0 Å². The van der Waals surface area contributed by atoms with Crippen LogP contribution >= 0.6 is 0 Å². The number of phenols is 1. The second-order valence-corrected chi connectivity index (χ2v) is 9.83. The number of phenolic OH excluding ortho intramolecular Hbond substituents is 1. The van der Waals surface area contributed by atoms with E-state index >= 15 is 0 Å². The second-order valence-electron chi connectivity index (χ2n) is 9.83. The summed E-state index contributed by atoms with van der Waals surface area (Å²) < 4.78 is 5.27. The number of carbonyl (C=O) groups is 1. The van der Waals surface area contributed by atoms with Crippen molar-refractivity contribution in [3.8, 4) is 5.75 Å². The van der Waals surface area contributed by atoms with Gasteiger partial charge in [0.25, 0.3) is 0 Å². The summed E-state index contributed by atoms with van der Waals surface area (Å²) in [5.41, 5.74) is 2.22. The van der Waals surface area contributed by atoms with Gasteiger partial charge in [-0.15, -0.1) is 0 Å². The molecule has 0 spiro atoms. The molecule has 2 aliphatic rings. The van der Waals surface area contributed by atoms with Crippen molar-refractivity contribution in [1.29, 1.82) is 0 Å². The zero-order valence-corrected chi connectivity index (χ0v) is 18.5. The molecule has 3 N–H and O–H groups in total. The summed E-state index contributed by atoms with van der Waals surface area (Å²) >= 11 is 0. The van der Waals surface area contributed by atoms with Gasteiger partial charge in [-0.2, -0.15) is 0 Å². The highest BCUT2D eigenvalue weighted by molar-refractivity contribution is 5.67. The van der Waals surface area contributed by atoms with Crippen molar-refractivity contribution in [2.24, 2.45) is 0 Å². The van der Waals surface area contributed by atoms with Crippen molar-refractivity contribution in [2.75, 3.05) is 26.7 Å². The van der Waals surface area contributed by atoms with Crippen LogP contribution in [0, 0.1) is 0 Å². The van der Waals surface area contributed by atoms with Gasteiger partial charge in [-0.25, -0.2) is 4.79 Å². The van der Waals surface area contributed by atoms with Crippen LogP contribution < -0.4 is 10.6 Å². The number of piperidine rings is 1. The standard InChI is InChI=1S/C23H37N3O3/c1-22(2,3)29-21(28)25-12-7-6-11-24-20-19-14-16-8-9-17(27)15-18(16)23(20,4)10-13-26(19)5/h8-9,15,19-20,24,27H,6-7,10-14H2,1-5H3,(H,25,28). The Morgan fingerprint density at radius 2 is 2.03 bits per heavy atom. The van der Waals surface area contributed by atoms with E-state index in [-0.39, 0.29) is 11.5 Å². The Hall–Kier alpha value is -1.79. The molecule has 6 nitrogen and oxygen atoms in total. The predicted octanol–water partition coefficient (Wildman–Crippen LogP) is 3.17. The topological polar surface area (TPSA) is 73.8 Å². The minimum absolute atomic E-state index is 0.0261. The SMILES string of the molecule is CN1CCC2(C)c3cc(O)ccc3CC1C2NCCCCNC(=O)OC(C)(C)C. The summed E-state index contributed by atoms with van der Waals surface area (Å²) in [5.74, 6) is 0.356. The summed E-state index contributed by atoms with van der Waals surface area (Å²) in [7, 11) is 2.22. The average Bonchev–Trinajstić information content (AvgIpc) is 2.62. The summed E-state index contributed by atoms with van der Waals surface area (Å²) in [6, 6.07) is 6.69. The zero-order valence-electron chi connectivity index (χ0n) is 18.5. The molecule has 1 aromatic carbocycles. The number of likely N-dealkylation sites (N-methyl/N-ethyl adjacent to an activating group) is 1. The van der Waals surface area contributed by atoms with E-state index in [1.54, 1.807) is 0 Å². The Kier molecular flexibility index (Phi) is 6.44. The molecule has 6 heteroatoms. The normalized spacial score (nSPS) is 26.7. The molecule has 1 aliphatic carbocycles. The van der Waals surface area contributed by atoms with Crippen molar-refractivity contribution in [1.82, 2.24) is 15.5 Å². The van der Waals surface area contributed by atoms with Crippen LogP contribution in [0.3, 0.4) is 0 Å². The highest BCUT2D eigenvalue weighted by Gasteiger charge is 2.49. The molecule has 1 fully saturated rings. The predicted molar refractivity (Wildman–Crippen MR) is 115 cm³/mol. The van der Waals surface area contributed by atoms with Crippen molar-refractivity contribution in [2.45, 2.75) is 76.5 Å². The van der Waals surface area contributed by atoms with Gasteiger partial charge in [-0.3, -0.25) is 0 Å². The van der Waals surface area contributed by atoms with E-state index in [1.807, 2.05) is 32.9 Å². The maximum Gasteiger partial charge on any atom is 0.407 e. The Bertz CT molecular complexity index is 731. The lowest BCUT2D eigenvalue weighted by atomic mass is 9.61. The number of amides is 1. The highest BCUT2D eigenvalue weighted by atomic mass is 16.6. The quantitative estimate of drug-likeness (QED) is 0.636. The van der Waals surface area contributed by atoms with Gasteiger partial charge in [-0.1, -0.05) is 13.0 Å². The number of benzene rings is 1. The number of hydrogen-bond acceptors (Lipinski definition) is 5. The average molecular weight is 404 g/mol. The molecule has 2 bridgehead atoms. The monoisotopic (exact) mass is 403 g/mol. The van der Waals surface area contributed by atoms with Gasteiger partial charge in [-0.05, 0) is 89.9 Å². The first kappa shape index (κ1) is 21.9. The van der Waals surface area contributed by atoms with E-state index in [1.165, 1.54) is 11.1 Å². The largest absolute Gasteiger partial charge is 0.508 e. The van der Waals surface area contributed by atoms with E-state index in [4.69, 9.17) is 4.74 Å². The number of carbonyl (C=O) groups excluding carboxylic acids is 1. The van der Waals surface area contributed by atoms with Crippen molar-refractivity contribution in [3.05, 3.63) is 29.3 Å². The molecule has 3 unspecified atom stereocenters. The van der Waals surface area contributed by atoms with Gasteiger partial charge in [0.15, 0.2) is 0 Å². The number of unbranched alkanes of at least 4 members (excludes halogenated alkanes) is 1. The van der Waals surface area contributed by atoms with Gasteiger partial charge in [0.05, 0.1) is 0 Å². The molecule has 1 aromatic rings. The Labute approximate surface area is 175 Å². The first-order valence-corrected chi connectivity index (χ1v) is 10.8. The lowest BCUT2D eigenvalue weighted by Gasteiger charge is -2.55. The van der Waals surface area contributed by atoms with Crippen LogP contribution in [0.4, 0.5) is 4.79 Å². The molecule has 0 radical (unpaired) electrons. The van der Waals surface area contributed by atoms with Gasteiger partial charge < -0.3 is 25.4 Å². The van der Waals surface area contributed by atoms with E-state index in [9.17, 15) is 9.90 Å². The number of fused-ring (bicyclic) bond motifs is 4. The van der Waals surface area contributed by atoms with E-state index in [2.05, 4.69) is 35.6 Å². The van der Waals surface area contributed by atoms with Crippen molar-refractivity contribution < 1.29 is 14.6 Å². The van der Waals surface area contributed by atoms with Gasteiger partial charge >= 0.3 is 6.09 Å². The fraction of sp³-hybridized carbons (Fsp3) is 0.696. The summed E-state index contributed by atoms with van der Waals surface area (Å²) in [6.07, 6.45) is 3.64. The smallest absolute Gasteiger partial charge is 0.407 e. The molecule has 3 rings (SSSR count). The van der Waals surface area contributed by atoms with Gasteiger partial charge in [0.2, 0.25) is 0 Å². The van der Waals surface area contributed by atoms with Crippen molar-refractivity contribution in [3.63, 3.8) is 0 Å². The van der Waals surface area contributed by atoms with E-state index in [0.29, 0.717) is 24.4 Å². The number of alkyl carbamates (subject to hydrolysis) is 1. The Morgan fingerprint density at radius 1 is 1.31 bits per heavy atom. The van der Waals surface area contributed by atoms with Crippen LogP contribution in [0.5, 0.6) is 5.75 Å². The van der Waals surface area contributed by atoms with Crippen molar-refractivity contribution >= 4 is 6.09 Å². The number of hydrogen-bond donors (Lipinski definition) is 3. The van der Waals surface area contributed by atoms with Crippen LogP contribution in [-0.4, -0.2) is 60.5 Å². The summed E-state index contributed by atoms with van der Waals surface area (Å²) in [4.78, 5) is 14.2. The third kappa shape index (κ3) is 5.04. The number of likely N-dealkylation sites (tertiary alicyclic amines) is 1. The molecule has 1 aliphatic heterocycles. The Balaban J connectivity index is 1.53. The molecular weight excluding hydrogens is 366 g/mol. The second kappa shape index (κ2) is 8.52. The van der Waals surface area contributed by atoms with Crippen LogP contribution in [0.25, 0.3) is 0 Å². The third-order valence-corrected chi connectivity index (χ3v) is 6.40. The number of nitrogens with zero attached hydrogens (tertiary/aromatic N) is 1. The number of aromatic hydroxyl groups is 1. The maximum atomic E-state index is 11.7. The van der Waals surface area contributed by atoms with Crippen LogP contribution in [-0.2, 0) is 16.6 Å². The molecule has 162 valence electrons. The molecule has 1 amide bonds. The summed E-state index contributed by atoms with van der Waals surface area (Å²) in [5, 5.41) is 16.7. The molecular formula is C23H37N3O3. The number of nitrogens with one attached hydrogen (secondary N) is 2. The van der Waals surface area contributed by atoms with Crippen LogP contribution in [0.15, 0.2) is 18.2 Å². The maximum absolute atomic E-state index is 11.7. The fourth-order valence-electron chi connectivity index (χ4n) is 4.86. The molecule has 1 heterocycles. The molecule has 3 atom stereocenters. The van der Waals surface area contributed by atoms with Gasteiger partial charge in [0.1, 0.15) is 11.4 Å². The minimum atomic E-state index is -0.462. The van der Waals surface area contributed by atoms with Crippen LogP contribution in [0.1, 0.15) is 58.1 Å². The highest BCUT2D eigenvalue weighted by Crippen LogP contribution is 2.45. The first-order valence-electron chi connectivity index (χ1n) is 10.8. The van der Waals surface area contributed by atoms with E-state index in [0.717, 1.165) is 38.8 Å². The molecule has 0 saturated carbocycles. The summed E-state index contributed by atoms with van der Waals surface area (Å²) in [6.45, 7) is 10.6. The van der Waals surface area contributed by atoms with Gasteiger partial charge in [0, 0.05) is 24.0 Å². The number of rotatable bonds is 6. The van der Waals surface area contributed by atoms with E-state index < -0.39 is 5.60 Å². The number of ether oxygens (including phenoxy) is 1. The molecule has 1 saturated heterocycles. The minimum Gasteiger partial charge on any atom is -0.508 e. The lowest BCUT2D eigenvalue weighted by Crippen LogP contribution is -2.66. The Morgan fingerprint density at radius 3 is 2.76 bits per heavy atom. The third-order valence-electron chi connectivity index (χ3n) is 6.40. The first-order chi connectivity index (χ1) is 13.6. The lowest BCUT2D eigenvalue weighted by molar-refractivity contribution is 0.0526.